The first-order valence-corrected chi connectivity index (χ1v) is 10.7. The van der Waals surface area contributed by atoms with Crippen LogP contribution in [0, 0.1) is 25.2 Å². The summed E-state index contributed by atoms with van der Waals surface area (Å²) in [7, 11) is 1.55. The molecule has 0 radical (unpaired) electrons. The SMILES string of the molecule is COc1cccc(/C=C(\C#N)C(=O)Nc2ccc(C)c(C)c2)c1OCc1ccc(Br)cc1. The third kappa shape index (κ3) is 5.77. The Kier molecular flexibility index (Phi) is 7.69. The third-order valence-electron chi connectivity index (χ3n) is 4.96. The first-order valence-electron chi connectivity index (χ1n) is 9.96. The van der Waals surface area contributed by atoms with Gasteiger partial charge in [-0.05, 0) is 66.9 Å². The third-order valence-corrected chi connectivity index (χ3v) is 5.48. The van der Waals surface area contributed by atoms with E-state index in [2.05, 4.69) is 21.2 Å². The lowest BCUT2D eigenvalue weighted by molar-refractivity contribution is -0.112. The van der Waals surface area contributed by atoms with Crippen molar-refractivity contribution in [2.75, 3.05) is 12.4 Å². The zero-order chi connectivity index (χ0) is 23.1. The van der Waals surface area contributed by atoms with Gasteiger partial charge >= 0.3 is 0 Å². The normalized spacial score (nSPS) is 10.9. The Morgan fingerprint density at radius 1 is 1.09 bits per heavy atom. The highest BCUT2D eigenvalue weighted by Crippen LogP contribution is 2.33. The second kappa shape index (κ2) is 10.7. The lowest BCUT2D eigenvalue weighted by Gasteiger charge is -2.14. The maximum Gasteiger partial charge on any atom is 0.266 e. The van der Waals surface area contributed by atoms with Crippen LogP contribution >= 0.6 is 15.9 Å². The fourth-order valence-corrected chi connectivity index (χ4v) is 3.28. The van der Waals surface area contributed by atoms with Crippen LogP contribution in [-0.2, 0) is 11.4 Å². The average molecular weight is 491 g/mol. The number of nitriles is 1. The summed E-state index contributed by atoms with van der Waals surface area (Å²) in [5.74, 6) is 0.491. The van der Waals surface area contributed by atoms with Crippen molar-refractivity contribution in [3.8, 4) is 17.6 Å². The van der Waals surface area contributed by atoms with Crippen molar-refractivity contribution in [2.45, 2.75) is 20.5 Å². The summed E-state index contributed by atoms with van der Waals surface area (Å²) >= 11 is 3.42. The maximum atomic E-state index is 12.7. The van der Waals surface area contributed by atoms with Crippen LogP contribution in [0.3, 0.4) is 0 Å². The number of amides is 1. The van der Waals surface area contributed by atoms with E-state index in [0.29, 0.717) is 29.4 Å². The van der Waals surface area contributed by atoms with E-state index in [-0.39, 0.29) is 5.57 Å². The van der Waals surface area contributed by atoms with E-state index >= 15 is 0 Å². The zero-order valence-electron chi connectivity index (χ0n) is 18.1. The summed E-state index contributed by atoms with van der Waals surface area (Å²) in [5.41, 5.74) is 4.33. The largest absolute Gasteiger partial charge is 0.493 e. The van der Waals surface area contributed by atoms with Gasteiger partial charge in [0.15, 0.2) is 11.5 Å². The topological polar surface area (TPSA) is 71.3 Å². The molecular weight excluding hydrogens is 468 g/mol. The van der Waals surface area contributed by atoms with Crippen molar-refractivity contribution in [3.05, 3.63) is 93.0 Å². The molecule has 1 N–H and O–H groups in total. The molecule has 0 heterocycles. The van der Waals surface area contributed by atoms with Crippen LogP contribution in [0.25, 0.3) is 6.08 Å². The highest BCUT2D eigenvalue weighted by atomic mass is 79.9. The van der Waals surface area contributed by atoms with Crippen molar-refractivity contribution < 1.29 is 14.3 Å². The van der Waals surface area contributed by atoms with Gasteiger partial charge < -0.3 is 14.8 Å². The van der Waals surface area contributed by atoms with Gasteiger partial charge in [-0.1, -0.05) is 46.3 Å². The number of para-hydroxylation sites is 1. The number of hydrogen-bond donors (Lipinski definition) is 1. The van der Waals surface area contributed by atoms with Crippen molar-refractivity contribution in [2.24, 2.45) is 0 Å². The second-order valence-corrected chi connectivity index (χ2v) is 8.13. The molecule has 3 aromatic carbocycles. The number of rotatable bonds is 7. The highest BCUT2D eigenvalue weighted by Gasteiger charge is 2.15. The van der Waals surface area contributed by atoms with Crippen molar-refractivity contribution in [3.63, 3.8) is 0 Å². The number of nitrogens with one attached hydrogen (secondary N) is 1. The standard InChI is InChI=1S/C26H23BrN2O3/c1-17-7-12-23(13-18(17)2)29-26(30)21(15-28)14-20-5-4-6-24(31-3)25(20)32-16-19-8-10-22(27)11-9-19/h4-14H,16H2,1-3H3,(H,29,30)/b21-14+. The first-order chi connectivity index (χ1) is 15.4. The highest BCUT2D eigenvalue weighted by molar-refractivity contribution is 9.10. The number of anilines is 1. The summed E-state index contributed by atoms with van der Waals surface area (Å²) in [6.45, 7) is 4.28. The van der Waals surface area contributed by atoms with E-state index in [1.54, 1.807) is 25.3 Å². The molecule has 0 saturated heterocycles. The Labute approximate surface area is 196 Å². The molecule has 0 bridgehead atoms. The van der Waals surface area contributed by atoms with Gasteiger partial charge in [-0.2, -0.15) is 5.26 Å². The van der Waals surface area contributed by atoms with Crippen LogP contribution in [0.4, 0.5) is 5.69 Å². The lowest BCUT2D eigenvalue weighted by atomic mass is 10.1. The van der Waals surface area contributed by atoms with E-state index in [4.69, 9.17) is 9.47 Å². The molecule has 6 heteroatoms. The van der Waals surface area contributed by atoms with Crippen LogP contribution in [0.5, 0.6) is 11.5 Å². The van der Waals surface area contributed by atoms with Gasteiger partial charge in [0.05, 0.1) is 7.11 Å². The molecule has 0 fully saturated rings. The average Bonchev–Trinajstić information content (AvgIpc) is 2.79. The molecule has 0 spiro atoms. The molecule has 0 aromatic heterocycles. The molecule has 0 saturated carbocycles. The fourth-order valence-electron chi connectivity index (χ4n) is 3.02. The summed E-state index contributed by atoms with van der Waals surface area (Å²) in [4.78, 5) is 12.7. The van der Waals surface area contributed by atoms with Gasteiger partial charge in [0.25, 0.3) is 5.91 Å². The zero-order valence-corrected chi connectivity index (χ0v) is 19.7. The molecule has 5 nitrogen and oxygen atoms in total. The van der Waals surface area contributed by atoms with Crippen molar-refractivity contribution in [1.82, 2.24) is 0 Å². The Morgan fingerprint density at radius 3 is 2.50 bits per heavy atom. The maximum absolute atomic E-state index is 12.7. The molecule has 3 rings (SSSR count). The predicted octanol–water partition coefficient (Wildman–Crippen LogP) is 6.20. The number of carbonyl (C=O) groups excluding carboxylic acids is 1. The molecular formula is C26H23BrN2O3. The molecule has 1 amide bonds. The smallest absolute Gasteiger partial charge is 0.266 e. The Hall–Kier alpha value is -3.56. The number of aryl methyl sites for hydroxylation is 2. The molecule has 0 unspecified atom stereocenters. The van der Waals surface area contributed by atoms with Gasteiger partial charge in [-0.15, -0.1) is 0 Å². The number of carbonyl (C=O) groups is 1. The molecule has 0 aliphatic rings. The Morgan fingerprint density at radius 2 is 1.84 bits per heavy atom. The van der Waals surface area contributed by atoms with Gasteiger partial charge in [0.2, 0.25) is 0 Å². The Bertz CT molecular complexity index is 1190. The quantitative estimate of drug-likeness (QED) is 0.316. The minimum atomic E-state index is -0.488. The summed E-state index contributed by atoms with van der Waals surface area (Å²) < 4.78 is 12.5. The number of methoxy groups -OCH3 is 1. The minimum absolute atomic E-state index is 0.0371. The van der Waals surface area contributed by atoms with Gasteiger partial charge in [-0.25, -0.2) is 0 Å². The fraction of sp³-hybridized carbons (Fsp3) is 0.154. The van der Waals surface area contributed by atoms with E-state index in [9.17, 15) is 10.1 Å². The van der Waals surface area contributed by atoms with E-state index in [1.165, 1.54) is 6.08 Å². The van der Waals surface area contributed by atoms with Crippen LogP contribution in [0.15, 0.2) is 70.7 Å². The van der Waals surface area contributed by atoms with Crippen LogP contribution in [0.2, 0.25) is 0 Å². The van der Waals surface area contributed by atoms with Crippen LogP contribution in [-0.4, -0.2) is 13.0 Å². The van der Waals surface area contributed by atoms with E-state index < -0.39 is 5.91 Å². The predicted molar refractivity (Wildman–Crippen MR) is 130 cm³/mol. The first kappa shape index (κ1) is 23.1. The summed E-state index contributed by atoms with van der Waals surface area (Å²) in [6, 6.07) is 20.7. The van der Waals surface area contributed by atoms with Crippen molar-refractivity contribution >= 4 is 33.6 Å². The number of halogens is 1. The molecule has 0 aliphatic carbocycles. The molecule has 0 aliphatic heterocycles. The molecule has 0 atom stereocenters. The van der Waals surface area contributed by atoms with E-state index in [1.807, 2.05) is 62.4 Å². The number of nitrogens with zero attached hydrogens (tertiary/aromatic N) is 1. The van der Waals surface area contributed by atoms with E-state index in [0.717, 1.165) is 21.2 Å². The summed E-state index contributed by atoms with van der Waals surface area (Å²) in [5, 5.41) is 12.4. The van der Waals surface area contributed by atoms with Gasteiger partial charge in [0.1, 0.15) is 18.2 Å². The summed E-state index contributed by atoms with van der Waals surface area (Å²) in [6.07, 6.45) is 1.51. The molecule has 162 valence electrons. The lowest BCUT2D eigenvalue weighted by Crippen LogP contribution is -2.13. The molecule has 3 aromatic rings. The molecule has 32 heavy (non-hydrogen) atoms. The van der Waals surface area contributed by atoms with Gasteiger partial charge in [0, 0.05) is 15.7 Å². The van der Waals surface area contributed by atoms with Crippen LogP contribution in [0.1, 0.15) is 22.3 Å². The number of hydrogen-bond acceptors (Lipinski definition) is 4. The van der Waals surface area contributed by atoms with Crippen molar-refractivity contribution in [1.29, 1.82) is 5.26 Å². The second-order valence-electron chi connectivity index (χ2n) is 7.22. The minimum Gasteiger partial charge on any atom is -0.493 e. The monoisotopic (exact) mass is 490 g/mol. The number of ether oxygens (including phenoxy) is 2. The number of benzene rings is 3. The Balaban J connectivity index is 1.87. The van der Waals surface area contributed by atoms with Crippen LogP contribution < -0.4 is 14.8 Å². The van der Waals surface area contributed by atoms with Gasteiger partial charge in [-0.3, -0.25) is 4.79 Å².